The molecule has 204 valence electrons. The zero-order chi connectivity index (χ0) is 29.0. The van der Waals surface area contributed by atoms with Gasteiger partial charge in [-0.3, -0.25) is 4.79 Å². The number of carbonyl (C=O) groups excluding carboxylic acids is 1. The van der Waals surface area contributed by atoms with Gasteiger partial charge in [-0.25, -0.2) is 0 Å². The van der Waals surface area contributed by atoms with Gasteiger partial charge in [0, 0.05) is 27.6 Å². The van der Waals surface area contributed by atoms with Crippen LogP contribution in [0.15, 0.2) is 51.7 Å². The van der Waals surface area contributed by atoms with Crippen LogP contribution >= 0.6 is 137 Å². The number of carbonyl (C=O) groups is 1. The number of ether oxygens (including phenoxy) is 1. The third-order valence-corrected chi connectivity index (χ3v) is 11.3. The normalized spacial score (nSPS) is 11.1. The molecule has 0 spiro atoms. The minimum atomic E-state index is -1.60. The van der Waals surface area contributed by atoms with E-state index < -0.39 is 11.5 Å². The van der Waals surface area contributed by atoms with Crippen LogP contribution in [0, 0.1) is 14.3 Å². The number of hydrogen-bond donors (Lipinski definition) is 0. The Bertz CT molecular complexity index is 1900. The molecule has 0 atom stereocenters. The summed E-state index contributed by atoms with van der Waals surface area (Å²) in [4.78, 5) is 25.4. The van der Waals surface area contributed by atoms with E-state index >= 15 is 0 Å². The molecule has 0 radical (unpaired) electrons. The van der Waals surface area contributed by atoms with Crippen LogP contribution in [0.25, 0.3) is 33.4 Å². The quantitative estimate of drug-likeness (QED) is 0.0658. The average Bonchev–Trinajstić information content (AvgIpc) is 2.92. The Hall–Kier alpha value is 0.700. The monoisotopic (exact) mass is 1080 g/mol. The van der Waals surface area contributed by atoms with Gasteiger partial charge in [0.15, 0.2) is 11.3 Å². The standard InChI is InChI=1S/C27H10Cl4I4O5.Na/c28-17-15(16(27(37)38)18(29)20(31)19(17)30)14-10-6-12(32)23(36)21(34)24(10)40-25-11(14)7-13(33)26(22(25)35)39-8-9-4-2-1-3-5-9;/h1-7H,8H2,(H,37,38);/q;+1/p-1. The third kappa shape index (κ3) is 6.39. The summed E-state index contributed by atoms with van der Waals surface area (Å²) >= 11 is 33.9. The summed E-state index contributed by atoms with van der Waals surface area (Å²) in [5.74, 6) is -0.795. The zero-order valence-corrected chi connectivity index (χ0v) is 34.0. The van der Waals surface area contributed by atoms with Gasteiger partial charge >= 0.3 is 29.6 Å². The summed E-state index contributed by atoms with van der Waals surface area (Å²) in [6, 6.07) is 13.1. The van der Waals surface area contributed by atoms with E-state index in [9.17, 15) is 14.7 Å². The minimum Gasteiger partial charge on any atom is -0.545 e. The molecule has 0 N–H and O–H groups in total. The fraction of sp³-hybridized carbons (Fsp3) is 0.0370. The Kier molecular flexibility index (Phi) is 11.8. The molecule has 0 fully saturated rings. The Labute approximate surface area is 330 Å². The third-order valence-electron chi connectivity index (χ3n) is 5.95. The molecule has 1 aliphatic heterocycles. The van der Waals surface area contributed by atoms with Crippen LogP contribution in [0.3, 0.4) is 0 Å². The largest absolute Gasteiger partial charge is 1.00 e. The summed E-state index contributed by atoms with van der Waals surface area (Å²) in [7, 11) is 0. The van der Waals surface area contributed by atoms with Crippen molar-refractivity contribution in [3.05, 3.63) is 98.2 Å². The van der Waals surface area contributed by atoms with Crippen molar-refractivity contribution >= 4 is 154 Å². The predicted molar refractivity (Wildman–Crippen MR) is 191 cm³/mol. The second kappa shape index (κ2) is 14.0. The van der Waals surface area contributed by atoms with Crippen molar-refractivity contribution in [1.29, 1.82) is 0 Å². The van der Waals surface area contributed by atoms with Crippen LogP contribution in [0.5, 0.6) is 5.75 Å². The van der Waals surface area contributed by atoms with Crippen molar-refractivity contribution in [2.75, 3.05) is 0 Å². The van der Waals surface area contributed by atoms with Crippen LogP contribution in [-0.2, 0) is 6.61 Å². The molecule has 5 rings (SSSR count). The molecule has 3 aromatic carbocycles. The molecule has 0 amide bonds. The van der Waals surface area contributed by atoms with Gasteiger partial charge in [-0.1, -0.05) is 76.7 Å². The number of carboxylic acid groups (broad SMARTS) is 1. The van der Waals surface area contributed by atoms with Crippen LogP contribution in [-0.4, -0.2) is 5.97 Å². The number of rotatable bonds is 5. The van der Waals surface area contributed by atoms with Crippen molar-refractivity contribution in [2.24, 2.45) is 0 Å². The van der Waals surface area contributed by atoms with Crippen LogP contribution in [0.1, 0.15) is 15.9 Å². The number of halogens is 8. The van der Waals surface area contributed by atoms with Gasteiger partial charge in [0.25, 0.3) is 0 Å². The predicted octanol–water partition coefficient (Wildman–Crippen LogP) is 6.54. The molecule has 0 saturated carbocycles. The molecular weight excluding hydrogens is 1080 g/mol. The number of benzene rings is 4. The van der Waals surface area contributed by atoms with Crippen LogP contribution < -0.4 is 44.8 Å². The van der Waals surface area contributed by atoms with E-state index in [0.717, 1.165) is 9.13 Å². The van der Waals surface area contributed by atoms with Gasteiger partial charge in [-0.2, -0.15) is 0 Å². The van der Waals surface area contributed by atoms with Gasteiger partial charge in [-0.15, -0.1) is 0 Å². The summed E-state index contributed by atoms with van der Waals surface area (Å²) in [5.41, 5.74) is 1.45. The number of carboxylic acids is 1. The molecule has 1 aliphatic carbocycles. The molecule has 3 aromatic rings. The molecule has 41 heavy (non-hydrogen) atoms. The van der Waals surface area contributed by atoms with E-state index in [0.29, 0.717) is 45.2 Å². The van der Waals surface area contributed by atoms with Gasteiger partial charge in [-0.05, 0) is 108 Å². The molecule has 14 heteroatoms. The molecule has 1 heterocycles. The molecule has 5 nitrogen and oxygen atoms in total. The smallest absolute Gasteiger partial charge is 0.545 e. The Balaban J connectivity index is 0.00000387. The van der Waals surface area contributed by atoms with Crippen molar-refractivity contribution in [2.45, 2.75) is 6.61 Å². The van der Waals surface area contributed by atoms with Crippen molar-refractivity contribution in [3.63, 3.8) is 0 Å². The van der Waals surface area contributed by atoms with Crippen LogP contribution in [0.4, 0.5) is 0 Å². The van der Waals surface area contributed by atoms with Gasteiger partial charge in [0.05, 0.1) is 36.8 Å². The first-order valence-corrected chi connectivity index (χ1v) is 16.8. The second-order valence-corrected chi connectivity index (χ2v) is 14.3. The Morgan fingerprint density at radius 2 is 1.49 bits per heavy atom. The van der Waals surface area contributed by atoms with E-state index in [1.165, 1.54) is 0 Å². The van der Waals surface area contributed by atoms with Gasteiger partial charge in [0.2, 0.25) is 5.43 Å². The summed E-state index contributed by atoms with van der Waals surface area (Å²) in [6.07, 6.45) is 0. The molecule has 0 unspecified atom stereocenters. The number of aromatic carboxylic acids is 1. The van der Waals surface area contributed by atoms with E-state index in [2.05, 4.69) is 45.2 Å². The Morgan fingerprint density at radius 3 is 2.12 bits per heavy atom. The first kappa shape index (κ1) is 34.6. The molecule has 0 aromatic heterocycles. The fourth-order valence-corrected chi connectivity index (χ4v) is 9.09. The average molecular weight is 1090 g/mol. The van der Waals surface area contributed by atoms with Gasteiger partial charge < -0.3 is 19.1 Å². The van der Waals surface area contributed by atoms with E-state index in [1.54, 1.807) is 12.1 Å². The summed E-state index contributed by atoms with van der Waals surface area (Å²) in [6.45, 7) is 0.308. The topological polar surface area (TPSA) is 79.6 Å². The maximum Gasteiger partial charge on any atom is 1.00 e. The first-order chi connectivity index (χ1) is 18.9. The fourth-order valence-electron chi connectivity index (χ4n) is 4.18. The van der Waals surface area contributed by atoms with E-state index in [4.69, 9.17) is 55.6 Å². The van der Waals surface area contributed by atoms with Crippen molar-refractivity contribution in [3.8, 4) is 28.2 Å². The summed E-state index contributed by atoms with van der Waals surface area (Å²) in [5, 5.41) is 12.2. The molecule has 0 bridgehead atoms. The van der Waals surface area contributed by atoms with Crippen molar-refractivity contribution in [1.82, 2.24) is 0 Å². The molecule has 2 aliphatic rings. The molecular formula is C27H9Cl4I4NaO5. The zero-order valence-electron chi connectivity index (χ0n) is 20.3. The van der Waals surface area contributed by atoms with E-state index in [-0.39, 0.29) is 66.4 Å². The number of hydrogen-bond acceptors (Lipinski definition) is 5. The second-order valence-electron chi connectivity index (χ2n) is 8.30. The maximum absolute atomic E-state index is 12.9. The molecule has 0 saturated heterocycles. The Morgan fingerprint density at radius 1 is 0.854 bits per heavy atom. The number of fused-ring (bicyclic) bond motifs is 2. The maximum atomic E-state index is 12.9. The minimum absolute atomic E-state index is 0. The SMILES string of the molecule is O=C([O-])c1c(Cl)c(Cl)c(Cl)c(Cl)c1-c1c2cc(I)c(=O)c(I)c-2oc2c(I)c(OCc3ccccc3)c(I)cc12.[Na+]. The van der Waals surface area contributed by atoms with Gasteiger partial charge in [0.1, 0.15) is 15.9 Å². The van der Waals surface area contributed by atoms with E-state index in [1.807, 2.05) is 75.5 Å². The first-order valence-electron chi connectivity index (χ1n) is 10.9. The van der Waals surface area contributed by atoms with Crippen LogP contribution in [0.2, 0.25) is 20.1 Å². The van der Waals surface area contributed by atoms with Crippen molar-refractivity contribution < 1.29 is 48.6 Å². The summed E-state index contributed by atoms with van der Waals surface area (Å²) < 4.78 is 14.6.